The summed E-state index contributed by atoms with van der Waals surface area (Å²) in [6.07, 6.45) is 1.64. The van der Waals surface area contributed by atoms with Crippen molar-refractivity contribution < 1.29 is 33.6 Å². The van der Waals surface area contributed by atoms with Crippen molar-refractivity contribution in [2.45, 2.75) is 6.04 Å². The van der Waals surface area contributed by atoms with Crippen LogP contribution in [0.2, 0.25) is 0 Å². The number of rotatable bonds is 7. The Morgan fingerprint density at radius 1 is 1.07 bits per heavy atom. The van der Waals surface area contributed by atoms with Gasteiger partial charge in [0, 0.05) is 5.56 Å². The summed E-state index contributed by atoms with van der Waals surface area (Å²) in [6, 6.07) is 16.4. The third-order valence-electron chi connectivity index (χ3n) is 6.61. The zero-order valence-corrected chi connectivity index (χ0v) is 22.3. The highest BCUT2D eigenvalue weighted by atomic mass is 32.1. The normalized spacial score (nSPS) is 17.7. The second-order valence-electron chi connectivity index (χ2n) is 9.03. The van der Waals surface area contributed by atoms with Gasteiger partial charge in [0.15, 0.2) is 16.6 Å². The molecule has 3 aromatic carbocycles. The molecule has 1 atom stereocenters. The first kappa shape index (κ1) is 25.4. The van der Waals surface area contributed by atoms with Crippen LogP contribution in [0.1, 0.15) is 17.2 Å². The number of Topliss-reactive ketones (excluding diaryl/α,β-unsaturated/α-hetero) is 1. The summed E-state index contributed by atoms with van der Waals surface area (Å²) in [6.45, 7) is 4.78. The van der Waals surface area contributed by atoms with Crippen LogP contribution in [0.5, 0.6) is 23.0 Å². The van der Waals surface area contributed by atoms with Gasteiger partial charge in [-0.25, -0.2) is 4.98 Å². The number of fused-ring (bicyclic) bond motifs is 2. The van der Waals surface area contributed by atoms with E-state index >= 15 is 0 Å². The van der Waals surface area contributed by atoms with Crippen LogP contribution >= 0.6 is 11.3 Å². The van der Waals surface area contributed by atoms with Gasteiger partial charge >= 0.3 is 5.91 Å². The van der Waals surface area contributed by atoms with E-state index in [-0.39, 0.29) is 11.3 Å². The van der Waals surface area contributed by atoms with Gasteiger partial charge in [0.05, 0.1) is 28.9 Å². The molecule has 4 aromatic rings. The second kappa shape index (κ2) is 10.4. The minimum absolute atomic E-state index is 0.0572. The molecule has 1 N–H and O–H groups in total. The maximum atomic E-state index is 13.6. The Morgan fingerprint density at radius 2 is 1.82 bits per heavy atom. The second-order valence-corrected chi connectivity index (χ2v) is 10.0. The van der Waals surface area contributed by atoms with E-state index in [1.54, 1.807) is 67.8 Å². The topological polar surface area (TPSA) is 107 Å². The van der Waals surface area contributed by atoms with Crippen molar-refractivity contribution in [2.24, 2.45) is 0 Å². The van der Waals surface area contributed by atoms with Gasteiger partial charge in [-0.1, -0.05) is 36.1 Å². The monoisotopic (exact) mass is 556 g/mol. The summed E-state index contributed by atoms with van der Waals surface area (Å²) in [4.78, 5) is 33.1. The van der Waals surface area contributed by atoms with Crippen LogP contribution in [0.15, 0.2) is 78.9 Å². The molecule has 6 rings (SSSR count). The number of ether oxygens (including phenoxy) is 4. The van der Waals surface area contributed by atoms with Crippen molar-refractivity contribution in [3.63, 3.8) is 0 Å². The Kier molecular flexibility index (Phi) is 6.61. The van der Waals surface area contributed by atoms with E-state index in [1.165, 1.54) is 16.2 Å². The summed E-state index contributed by atoms with van der Waals surface area (Å²) in [5.41, 5.74) is 1.52. The summed E-state index contributed by atoms with van der Waals surface area (Å²) in [5.74, 6) is 0.306. The lowest BCUT2D eigenvalue weighted by Crippen LogP contribution is -2.29. The van der Waals surface area contributed by atoms with Crippen LogP contribution in [0.4, 0.5) is 5.13 Å². The Morgan fingerprint density at radius 3 is 2.58 bits per heavy atom. The lowest BCUT2D eigenvalue weighted by molar-refractivity contribution is -0.132. The Hall–Kier alpha value is -4.83. The lowest BCUT2D eigenvalue weighted by atomic mass is 9.95. The fourth-order valence-electron chi connectivity index (χ4n) is 4.72. The number of aliphatic hydroxyl groups is 1. The van der Waals surface area contributed by atoms with Crippen LogP contribution in [-0.2, 0) is 9.59 Å². The third-order valence-corrected chi connectivity index (χ3v) is 7.63. The number of nitrogens with zero attached hydrogens (tertiary/aromatic N) is 2. The molecular weight excluding hydrogens is 532 g/mol. The predicted molar refractivity (Wildman–Crippen MR) is 151 cm³/mol. The molecule has 40 heavy (non-hydrogen) atoms. The average molecular weight is 557 g/mol. The summed E-state index contributed by atoms with van der Waals surface area (Å²) < 4.78 is 23.0. The van der Waals surface area contributed by atoms with Gasteiger partial charge in [-0.3, -0.25) is 14.5 Å². The van der Waals surface area contributed by atoms with Gasteiger partial charge in [0.1, 0.15) is 37.1 Å². The van der Waals surface area contributed by atoms with E-state index in [2.05, 4.69) is 11.6 Å². The number of amides is 1. The number of carbonyl (C=O) groups is 2. The maximum absolute atomic E-state index is 13.6. The van der Waals surface area contributed by atoms with Gasteiger partial charge < -0.3 is 24.1 Å². The Labute approximate surface area is 233 Å². The van der Waals surface area contributed by atoms with Crippen LogP contribution in [0, 0.1) is 0 Å². The molecule has 3 heterocycles. The summed E-state index contributed by atoms with van der Waals surface area (Å²) >= 11 is 1.26. The molecule has 2 aliphatic rings. The largest absolute Gasteiger partial charge is 0.507 e. The highest BCUT2D eigenvalue weighted by Crippen LogP contribution is 2.45. The van der Waals surface area contributed by atoms with Gasteiger partial charge in [-0.15, -0.1) is 0 Å². The summed E-state index contributed by atoms with van der Waals surface area (Å²) in [7, 11) is 1.57. The number of ketones is 1. The van der Waals surface area contributed by atoms with Crippen molar-refractivity contribution in [3.05, 3.63) is 90.0 Å². The third kappa shape index (κ3) is 4.42. The van der Waals surface area contributed by atoms with E-state index in [4.69, 9.17) is 18.9 Å². The number of hydrogen-bond acceptors (Lipinski definition) is 9. The fourth-order valence-corrected chi connectivity index (χ4v) is 5.74. The van der Waals surface area contributed by atoms with Crippen molar-refractivity contribution in [1.82, 2.24) is 4.98 Å². The molecule has 0 saturated carbocycles. The van der Waals surface area contributed by atoms with Gasteiger partial charge in [0.25, 0.3) is 5.78 Å². The zero-order valence-electron chi connectivity index (χ0n) is 21.5. The average Bonchev–Trinajstić information content (AvgIpc) is 3.53. The fraction of sp³-hybridized carbons (Fsp3) is 0.167. The number of aliphatic hydroxyl groups excluding tert-OH is 1. The molecule has 2 aliphatic heterocycles. The molecule has 202 valence electrons. The highest BCUT2D eigenvalue weighted by Gasteiger charge is 2.48. The molecule has 1 aromatic heterocycles. The highest BCUT2D eigenvalue weighted by molar-refractivity contribution is 7.22. The number of hydrogen-bond donors (Lipinski definition) is 1. The minimum atomic E-state index is -0.941. The SMILES string of the molecule is C=CCOc1ccc([C@@H]2C(=C(O)c3ccc4c(c3)OCCO4)C(=O)C(=O)N2c2nc3ccc(OC)cc3s2)cc1. The molecular formula is C30H24N2O7S. The predicted octanol–water partition coefficient (Wildman–Crippen LogP) is 5.27. The molecule has 9 nitrogen and oxygen atoms in total. The van der Waals surface area contributed by atoms with Crippen LogP contribution in [0.3, 0.4) is 0 Å². The number of methoxy groups -OCH3 is 1. The molecule has 1 fully saturated rings. The van der Waals surface area contributed by atoms with Crippen molar-refractivity contribution in [3.8, 4) is 23.0 Å². The van der Waals surface area contributed by atoms with E-state index in [0.29, 0.717) is 64.6 Å². The van der Waals surface area contributed by atoms with E-state index in [0.717, 1.165) is 4.70 Å². The first-order valence-corrected chi connectivity index (χ1v) is 13.3. The quantitative estimate of drug-likeness (QED) is 0.142. The molecule has 0 spiro atoms. The smallest absolute Gasteiger partial charge is 0.301 e. The first-order chi connectivity index (χ1) is 19.5. The lowest BCUT2D eigenvalue weighted by Gasteiger charge is -2.23. The first-order valence-electron chi connectivity index (χ1n) is 12.5. The van der Waals surface area contributed by atoms with Crippen LogP contribution < -0.4 is 23.8 Å². The van der Waals surface area contributed by atoms with Gasteiger partial charge in [-0.05, 0) is 54.1 Å². The van der Waals surface area contributed by atoms with Crippen molar-refractivity contribution >= 4 is 44.1 Å². The summed E-state index contributed by atoms with van der Waals surface area (Å²) in [5, 5.41) is 11.8. The van der Waals surface area contributed by atoms with E-state index < -0.39 is 17.7 Å². The molecule has 0 unspecified atom stereocenters. The molecule has 10 heteroatoms. The van der Waals surface area contributed by atoms with Crippen molar-refractivity contribution in [1.29, 1.82) is 0 Å². The van der Waals surface area contributed by atoms with Gasteiger partial charge in [-0.2, -0.15) is 0 Å². The van der Waals surface area contributed by atoms with Crippen LogP contribution in [-0.4, -0.2) is 48.7 Å². The maximum Gasteiger partial charge on any atom is 0.301 e. The number of carbonyl (C=O) groups excluding carboxylic acids is 2. The van der Waals surface area contributed by atoms with Crippen LogP contribution in [0.25, 0.3) is 16.0 Å². The van der Waals surface area contributed by atoms with E-state index in [1.807, 2.05) is 6.07 Å². The zero-order chi connectivity index (χ0) is 27.8. The molecule has 0 bridgehead atoms. The number of benzene rings is 3. The molecule has 1 saturated heterocycles. The molecule has 0 radical (unpaired) electrons. The minimum Gasteiger partial charge on any atom is -0.507 e. The Bertz CT molecular complexity index is 1680. The molecule has 1 amide bonds. The number of anilines is 1. The van der Waals surface area contributed by atoms with E-state index in [9.17, 15) is 14.7 Å². The molecule has 0 aliphatic carbocycles. The van der Waals surface area contributed by atoms with Gasteiger partial charge in [0.2, 0.25) is 0 Å². The standard InChI is InChI=1S/C30H24N2O7S/c1-3-12-37-19-7-4-17(5-8-19)26-25(27(33)18-6-11-22-23(15-18)39-14-13-38-22)28(34)29(35)32(26)30-31-21-10-9-20(36-2)16-24(21)40-30/h3-11,15-16,26,33H,1,12-14H2,2H3/t26-/m1/s1. The number of thiazole rings is 1. The number of aromatic nitrogens is 1. The Balaban J connectivity index is 1.50. The van der Waals surface area contributed by atoms with Crippen molar-refractivity contribution in [2.75, 3.05) is 31.8 Å².